The number of anilines is 1. The van der Waals surface area contributed by atoms with Crippen molar-refractivity contribution in [3.05, 3.63) is 27.1 Å². The van der Waals surface area contributed by atoms with Crippen LogP contribution in [0.15, 0.2) is 32.1 Å². The SMILES string of the molecule is CCN1CCSC1=NC(=O)Nc1c(Br)cccc1Br. The number of halogens is 2. The minimum atomic E-state index is -0.351. The van der Waals surface area contributed by atoms with Gasteiger partial charge in [0.1, 0.15) is 0 Å². The first kappa shape index (κ1) is 14.9. The van der Waals surface area contributed by atoms with Gasteiger partial charge in [-0.25, -0.2) is 4.79 Å². The Balaban J connectivity index is 2.11. The Kier molecular flexibility index (Phi) is 5.29. The molecule has 0 spiro atoms. The molecule has 0 unspecified atom stereocenters. The second kappa shape index (κ2) is 6.76. The number of thioether (sulfide) groups is 1. The summed E-state index contributed by atoms with van der Waals surface area (Å²) in [5.41, 5.74) is 0.697. The third-order valence-electron chi connectivity index (χ3n) is 2.64. The number of urea groups is 1. The number of carbonyl (C=O) groups is 1. The molecule has 4 nitrogen and oxygen atoms in total. The van der Waals surface area contributed by atoms with Gasteiger partial charge in [0.2, 0.25) is 0 Å². The highest BCUT2D eigenvalue weighted by Crippen LogP contribution is 2.30. The summed E-state index contributed by atoms with van der Waals surface area (Å²) in [6.45, 7) is 3.88. The molecular formula is C12H13Br2N3OS. The van der Waals surface area contributed by atoms with E-state index in [-0.39, 0.29) is 6.03 Å². The molecule has 1 heterocycles. The van der Waals surface area contributed by atoms with E-state index in [4.69, 9.17) is 0 Å². The van der Waals surface area contributed by atoms with E-state index in [9.17, 15) is 4.79 Å². The van der Waals surface area contributed by atoms with Gasteiger partial charge in [-0.2, -0.15) is 4.99 Å². The van der Waals surface area contributed by atoms with E-state index in [1.807, 2.05) is 18.2 Å². The largest absolute Gasteiger partial charge is 0.350 e. The zero-order chi connectivity index (χ0) is 13.8. The Hall–Kier alpha value is -0.530. The first-order valence-corrected chi connectivity index (χ1v) is 8.40. The topological polar surface area (TPSA) is 44.7 Å². The molecular weight excluding hydrogens is 394 g/mol. The summed E-state index contributed by atoms with van der Waals surface area (Å²) >= 11 is 8.42. The number of rotatable bonds is 2. The second-order valence-corrected chi connectivity index (χ2v) is 6.62. The number of hydrogen-bond donors (Lipinski definition) is 1. The van der Waals surface area contributed by atoms with E-state index in [1.54, 1.807) is 11.8 Å². The molecule has 2 amide bonds. The maximum Gasteiger partial charge on any atom is 0.347 e. The van der Waals surface area contributed by atoms with Gasteiger partial charge in [0.25, 0.3) is 0 Å². The average Bonchev–Trinajstić information content (AvgIpc) is 2.81. The Morgan fingerprint density at radius 2 is 2.16 bits per heavy atom. The van der Waals surface area contributed by atoms with Crippen molar-refractivity contribution < 1.29 is 4.79 Å². The fourth-order valence-corrected chi connectivity index (χ4v) is 3.91. The molecule has 0 bridgehead atoms. The molecule has 0 saturated carbocycles. The zero-order valence-electron chi connectivity index (χ0n) is 10.3. The molecule has 1 aliphatic heterocycles. The van der Waals surface area contributed by atoms with Crippen LogP contribution in [0.1, 0.15) is 6.92 Å². The van der Waals surface area contributed by atoms with Gasteiger partial charge in [-0.3, -0.25) is 0 Å². The number of amidine groups is 1. The number of amides is 2. The molecule has 1 N–H and O–H groups in total. The Morgan fingerprint density at radius 1 is 1.47 bits per heavy atom. The van der Waals surface area contributed by atoms with Crippen molar-refractivity contribution >= 4 is 60.5 Å². The normalized spacial score (nSPS) is 17.0. The lowest BCUT2D eigenvalue weighted by Gasteiger charge is -2.14. The highest BCUT2D eigenvalue weighted by atomic mass is 79.9. The predicted molar refractivity (Wildman–Crippen MR) is 88.0 cm³/mol. The fourth-order valence-electron chi connectivity index (χ4n) is 1.67. The molecule has 1 aromatic carbocycles. The number of hydrogen-bond acceptors (Lipinski definition) is 2. The number of aliphatic imine (C=N–C) groups is 1. The lowest BCUT2D eigenvalue weighted by molar-refractivity contribution is 0.259. The van der Waals surface area contributed by atoms with Crippen LogP contribution in [0.3, 0.4) is 0 Å². The molecule has 1 aromatic rings. The van der Waals surface area contributed by atoms with E-state index < -0.39 is 0 Å². The van der Waals surface area contributed by atoms with Gasteiger partial charge in [0.15, 0.2) is 5.17 Å². The van der Waals surface area contributed by atoms with Crippen molar-refractivity contribution in [3.8, 4) is 0 Å². The molecule has 2 rings (SSSR count). The van der Waals surface area contributed by atoms with E-state index in [0.29, 0.717) is 5.69 Å². The van der Waals surface area contributed by atoms with Gasteiger partial charge in [-0.15, -0.1) is 0 Å². The highest BCUT2D eigenvalue weighted by molar-refractivity contribution is 9.11. The van der Waals surface area contributed by atoms with Crippen molar-refractivity contribution in [2.45, 2.75) is 6.92 Å². The molecule has 102 valence electrons. The fraction of sp³-hybridized carbons (Fsp3) is 0.333. The van der Waals surface area contributed by atoms with Crippen LogP contribution in [0.4, 0.5) is 10.5 Å². The monoisotopic (exact) mass is 405 g/mol. The maximum absolute atomic E-state index is 12.0. The molecule has 7 heteroatoms. The van der Waals surface area contributed by atoms with Crippen LogP contribution in [0.2, 0.25) is 0 Å². The maximum atomic E-state index is 12.0. The highest BCUT2D eigenvalue weighted by Gasteiger charge is 2.19. The summed E-state index contributed by atoms with van der Waals surface area (Å²) in [5.74, 6) is 0.985. The Morgan fingerprint density at radius 3 is 2.79 bits per heavy atom. The van der Waals surface area contributed by atoms with E-state index in [0.717, 1.165) is 33.0 Å². The molecule has 1 aliphatic rings. The number of para-hydroxylation sites is 1. The summed E-state index contributed by atoms with van der Waals surface area (Å²) in [4.78, 5) is 18.2. The van der Waals surface area contributed by atoms with Crippen LogP contribution in [0.5, 0.6) is 0 Å². The number of carbonyl (C=O) groups excluding carboxylic acids is 1. The lowest BCUT2D eigenvalue weighted by Crippen LogP contribution is -2.25. The molecule has 1 saturated heterocycles. The summed E-state index contributed by atoms with van der Waals surface area (Å²) in [5, 5.41) is 3.58. The van der Waals surface area contributed by atoms with Gasteiger partial charge in [0.05, 0.1) is 5.69 Å². The minimum Gasteiger partial charge on any atom is -0.350 e. The van der Waals surface area contributed by atoms with Crippen LogP contribution in [-0.2, 0) is 0 Å². The van der Waals surface area contributed by atoms with Crippen LogP contribution >= 0.6 is 43.6 Å². The van der Waals surface area contributed by atoms with Crippen molar-refractivity contribution in [2.24, 2.45) is 4.99 Å². The summed E-state index contributed by atoms with van der Waals surface area (Å²) < 4.78 is 1.64. The average molecular weight is 407 g/mol. The molecule has 0 aliphatic carbocycles. The smallest absolute Gasteiger partial charge is 0.347 e. The Labute approximate surface area is 133 Å². The van der Waals surface area contributed by atoms with Crippen LogP contribution in [-0.4, -0.2) is 34.9 Å². The van der Waals surface area contributed by atoms with E-state index in [2.05, 4.69) is 54.0 Å². The second-order valence-electron chi connectivity index (χ2n) is 3.85. The zero-order valence-corrected chi connectivity index (χ0v) is 14.3. The van der Waals surface area contributed by atoms with Crippen LogP contribution < -0.4 is 5.32 Å². The van der Waals surface area contributed by atoms with Gasteiger partial charge in [0, 0.05) is 27.8 Å². The van der Waals surface area contributed by atoms with E-state index >= 15 is 0 Å². The number of nitrogens with zero attached hydrogens (tertiary/aromatic N) is 2. The van der Waals surface area contributed by atoms with Crippen molar-refractivity contribution in [1.82, 2.24) is 4.90 Å². The van der Waals surface area contributed by atoms with Gasteiger partial charge >= 0.3 is 6.03 Å². The molecule has 0 radical (unpaired) electrons. The van der Waals surface area contributed by atoms with Crippen LogP contribution in [0.25, 0.3) is 0 Å². The third-order valence-corrected chi connectivity index (χ3v) is 4.95. The predicted octanol–water partition coefficient (Wildman–Crippen LogP) is 4.17. The van der Waals surface area contributed by atoms with Crippen molar-refractivity contribution in [1.29, 1.82) is 0 Å². The Bertz CT molecular complexity index is 501. The molecule has 19 heavy (non-hydrogen) atoms. The quantitative estimate of drug-likeness (QED) is 0.801. The van der Waals surface area contributed by atoms with Crippen LogP contribution in [0, 0.1) is 0 Å². The van der Waals surface area contributed by atoms with Crippen molar-refractivity contribution in [3.63, 3.8) is 0 Å². The first-order chi connectivity index (χ1) is 9.11. The lowest BCUT2D eigenvalue weighted by atomic mass is 10.3. The number of nitrogens with one attached hydrogen (secondary N) is 1. The molecule has 0 atom stereocenters. The minimum absolute atomic E-state index is 0.351. The summed E-state index contributed by atoms with van der Waals surface area (Å²) in [7, 11) is 0. The van der Waals surface area contributed by atoms with E-state index in [1.165, 1.54) is 0 Å². The van der Waals surface area contributed by atoms with Gasteiger partial charge in [-0.05, 0) is 50.9 Å². The third kappa shape index (κ3) is 3.73. The molecule has 0 aromatic heterocycles. The molecule has 1 fully saturated rings. The van der Waals surface area contributed by atoms with Gasteiger partial charge < -0.3 is 10.2 Å². The first-order valence-electron chi connectivity index (χ1n) is 5.83. The van der Waals surface area contributed by atoms with Crippen molar-refractivity contribution in [2.75, 3.05) is 24.2 Å². The summed E-state index contributed by atoms with van der Waals surface area (Å²) in [6, 6.07) is 5.28. The van der Waals surface area contributed by atoms with Gasteiger partial charge in [-0.1, -0.05) is 17.8 Å². The standard InChI is InChI=1S/C12H13Br2N3OS/c1-2-17-6-7-19-12(17)16-11(18)15-10-8(13)4-3-5-9(10)14/h3-5H,2,6-7H2,1H3,(H,15,18). The number of benzene rings is 1. The summed E-state index contributed by atoms with van der Waals surface area (Å²) in [6.07, 6.45) is 0.